The van der Waals surface area contributed by atoms with Crippen molar-refractivity contribution in [3.8, 4) is 22.5 Å². The number of carbonyl (C=O) groups is 5. The number of cyclic esters (lactones) is 1. The van der Waals surface area contributed by atoms with Crippen molar-refractivity contribution in [3.05, 3.63) is 70.8 Å². The molecule has 6 bridgehead atoms. The van der Waals surface area contributed by atoms with E-state index in [0.717, 1.165) is 44.7 Å². The van der Waals surface area contributed by atoms with E-state index in [1.54, 1.807) is 30.2 Å². The van der Waals surface area contributed by atoms with Crippen LogP contribution in [0.3, 0.4) is 0 Å². The molecule has 5 amide bonds. The molecule has 0 saturated carbocycles. The molecule has 1 spiro atoms. The Labute approximate surface area is 408 Å². The van der Waals surface area contributed by atoms with Crippen molar-refractivity contribution in [1.82, 2.24) is 45.0 Å². The standard InChI is InChI=1S/C51H67N9O8S/c1-10-42(61)58-28-51(68-30-58)18-22-57(23-19-51)49(65)56(8)44(31(3)4)46(62)54-38-25-41-53-39(27-69-41)33-16-17-40-35(24-33)36(45(59(40)11-2)34-14-12-20-52-43(34)32(5)66-9)26-50(6,7)29-67-48(64)37-15-13-21-60(55-37)47(38)63/h10,12,14,16-17,20,24,27,31-32,37-38,44,55H,1,11,13,15,18-19,21-23,25-26,28-30H2,2-9H3,(H,54,62)/t32-,37-,38-,44-/m0/s1. The number of esters is 1. The molecular weight excluding hydrogens is 899 g/mol. The van der Waals surface area contributed by atoms with Gasteiger partial charge in [-0.15, -0.1) is 11.3 Å². The molecule has 7 heterocycles. The summed E-state index contributed by atoms with van der Waals surface area (Å²) in [6, 6.07) is 7.30. The first-order chi connectivity index (χ1) is 33.0. The number of methoxy groups -OCH3 is 1. The number of benzene rings is 1. The van der Waals surface area contributed by atoms with Crippen molar-refractivity contribution in [2.45, 2.75) is 116 Å². The fourth-order valence-electron chi connectivity index (χ4n) is 10.4. The molecule has 18 heteroatoms. The number of rotatable bonds is 9. The van der Waals surface area contributed by atoms with Gasteiger partial charge in [-0.2, -0.15) is 0 Å². The van der Waals surface area contributed by atoms with Gasteiger partial charge in [-0.05, 0) is 87.8 Å². The molecule has 0 aliphatic carbocycles. The van der Waals surface area contributed by atoms with Crippen LogP contribution in [0, 0.1) is 11.3 Å². The van der Waals surface area contributed by atoms with E-state index < -0.39 is 46.9 Å². The van der Waals surface area contributed by atoms with Crippen LogP contribution in [0.15, 0.2) is 54.6 Å². The number of likely N-dealkylation sites (tertiary alicyclic amines) is 1. The van der Waals surface area contributed by atoms with Gasteiger partial charge >= 0.3 is 12.0 Å². The smallest absolute Gasteiger partial charge is 0.324 e. The summed E-state index contributed by atoms with van der Waals surface area (Å²) in [6.07, 6.45) is 5.53. The quantitative estimate of drug-likeness (QED) is 0.146. The molecule has 4 atom stereocenters. The minimum Gasteiger partial charge on any atom is -0.464 e. The van der Waals surface area contributed by atoms with Gasteiger partial charge in [-0.3, -0.25) is 29.2 Å². The third-order valence-electron chi connectivity index (χ3n) is 14.2. The number of nitrogens with zero attached hydrogens (tertiary/aromatic N) is 7. The van der Waals surface area contributed by atoms with Crippen molar-refractivity contribution < 1.29 is 38.2 Å². The summed E-state index contributed by atoms with van der Waals surface area (Å²) >= 11 is 1.41. The Morgan fingerprint density at radius 2 is 1.88 bits per heavy atom. The number of hydrazine groups is 1. The lowest BCUT2D eigenvalue weighted by Gasteiger charge is -2.41. The lowest BCUT2D eigenvalue weighted by molar-refractivity contribution is -0.155. The molecular formula is C51H67N9O8S. The predicted octanol–water partition coefficient (Wildman–Crippen LogP) is 6.12. The highest BCUT2D eigenvalue weighted by atomic mass is 32.1. The van der Waals surface area contributed by atoms with Crippen LogP contribution < -0.4 is 10.7 Å². The van der Waals surface area contributed by atoms with Gasteiger partial charge < -0.3 is 38.8 Å². The second-order valence-corrected chi connectivity index (χ2v) is 21.0. The normalized spacial score (nSPS) is 21.5. The summed E-state index contributed by atoms with van der Waals surface area (Å²) in [5.41, 5.74) is 8.72. The molecule has 4 aliphatic heterocycles. The highest BCUT2D eigenvalue weighted by Crippen LogP contribution is 2.42. The fourth-order valence-corrected chi connectivity index (χ4v) is 11.3. The second kappa shape index (κ2) is 20.3. The Morgan fingerprint density at radius 3 is 2.59 bits per heavy atom. The van der Waals surface area contributed by atoms with Gasteiger partial charge in [0.2, 0.25) is 11.8 Å². The SMILES string of the molecule is C=CC(=O)N1COC2(CCN(C(=O)N(C)[C@H](C(=O)N[C@H]3Cc4nc(cs4)-c4ccc5c(c4)c(c(-c4cccnc4[C@H](C)OC)n5CC)CC(C)(C)COC(=O)[C@@H]4CCCN(N4)C3=O)C(C)C)CC2)C1. The average molecular weight is 966 g/mol. The Kier molecular flexibility index (Phi) is 14.7. The summed E-state index contributed by atoms with van der Waals surface area (Å²) in [6.45, 7) is 18.2. The van der Waals surface area contributed by atoms with Gasteiger partial charge in [0.25, 0.3) is 5.91 Å². The largest absolute Gasteiger partial charge is 0.464 e. The predicted molar refractivity (Wildman–Crippen MR) is 263 cm³/mol. The number of hydrogen-bond acceptors (Lipinski definition) is 12. The number of pyridine rings is 1. The summed E-state index contributed by atoms with van der Waals surface area (Å²) in [4.78, 5) is 84.3. The number of ether oxygens (including phenoxy) is 3. The van der Waals surface area contributed by atoms with Gasteiger partial charge in [0.15, 0.2) is 0 Å². The lowest BCUT2D eigenvalue weighted by Crippen LogP contribution is -2.62. The molecule has 2 N–H and O–H groups in total. The lowest BCUT2D eigenvalue weighted by atomic mass is 9.84. The first kappa shape index (κ1) is 49.7. The monoisotopic (exact) mass is 965 g/mol. The van der Waals surface area contributed by atoms with Crippen molar-refractivity contribution >= 4 is 52.0 Å². The number of carbonyl (C=O) groups excluding carboxylic acids is 5. The average Bonchev–Trinajstić information content (AvgIpc) is 4.07. The maximum absolute atomic E-state index is 14.7. The molecule has 4 aliphatic rings. The molecule has 3 aromatic heterocycles. The summed E-state index contributed by atoms with van der Waals surface area (Å²) < 4.78 is 20.3. The number of hydrogen-bond donors (Lipinski definition) is 2. The van der Waals surface area contributed by atoms with Gasteiger partial charge in [0.1, 0.15) is 24.9 Å². The molecule has 3 fully saturated rings. The van der Waals surface area contributed by atoms with Crippen LogP contribution in [0.25, 0.3) is 33.4 Å². The number of fused-ring (bicyclic) bond motifs is 6. The van der Waals surface area contributed by atoms with E-state index in [1.807, 2.05) is 32.2 Å². The number of aromatic nitrogens is 3. The Hall–Kier alpha value is -5.69. The molecule has 17 nitrogen and oxygen atoms in total. The van der Waals surface area contributed by atoms with E-state index in [9.17, 15) is 24.0 Å². The summed E-state index contributed by atoms with van der Waals surface area (Å²) in [7, 11) is 3.30. The Bertz CT molecular complexity index is 2600. The zero-order chi connectivity index (χ0) is 49.4. The Morgan fingerprint density at radius 1 is 1.12 bits per heavy atom. The third kappa shape index (κ3) is 10.2. The van der Waals surface area contributed by atoms with E-state index >= 15 is 0 Å². The van der Waals surface area contributed by atoms with Crippen molar-refractivity contribution in [3.63, 3.8) is 0 Å². The van der Waals surface area contributed by atoms with E-state index in [0.29, 0.717) is 69.8 Å². The first-order valence-corrected chi connectivity index (χ1v) is 25.0. The highest BCUT2D eigenvalue weighted by Gasteiger charge is 2.45. The molecule has 370 valence electrons. The fraction of sp³-hybridized carbons (Fsp3) is 0.549. The van der Waals surface area contributed by atoms with Crippen LogP contribution in [-0.4, -0.2) is 141 Å². The molecule has 4 aromatic rings. The molecule has 0 radical (unpaired) electrons. The summed E-state index contributed by atoms with van der Waals surface area (Å²) in [5.74, 6) is -1.87. The van der Waals surface area contributed by atoms with Crippen molar-refractivity contribution in [2.75, 3.05) is 53.7 Å². The number of likely N-dealkylation sites (N-methyl/N-ethyl adjacent to an activating group) is 1. The maximum Gasteiger partial charge on any atom is 0.324 e. The highest BCUT2D eigenvalue weighted by molar-refractivity contribution is 7.10. The topological polar surface area (TPSA) is 181 Å². The van der Waals surface area contributed by atoms with E-state index in [1.165, 1.54) is 27.3 Å². The number of urea groups is 1. The van der Waals surface area contributed by atoms with E-state index in [4.69, 9.17) is 24.2 Å². The van der Waals surface area contributed by atoms with Crippen LogP contribution in [0.4, 0.5) is 4.79 Å². The third-order valence-corrected chi connectivity index (χ3v) is 15.1. The van der Waals surface area contributed by atoms with Crippen LogP contribution >= 0.6 is 11.3 Å². The number of nitrogens with one attached hydrogen (secondary N) is 2. The molecule has 69 heavy (non-hydrogen) atoms. The van der Waals surface area contributed by atoms with Crippen LogP contribution in [0.5, 0.6) is 0 Å². The van der Waals surface area contributed by atoms with Gasteiger partial charge in [-0.25, -0.2) is 15.2 Å². The number of aryl methyl sites for hydroxylation is 1. The second-order valence-electron chi connectivity index (χ2n) is 20.0. The van der Waals surface area contributed by atoms with E-state index in [-0.39, 0.29) is 43.7 Å². The van der Waals surface area contributed by atoms with Crippen molar-refractivity contribution in [1.29, 1.82) is 0 Å². The number of amides is 5. The minimum atomic E-state index is -1.09. The summed E-state index contributed by atoms with van der Waals surface area (Å²) in [5, 5.41) is 8.13. The molecule has 1 aromatic carbocycles. The van der Waals surface area contributed by atoms with E-state index in [2.05, 4.69) is 66.9 Å². The minimum absolute atomic E-state index is 0.0735. The van der Waals surface area contributed by atoms with Gasteiger partial charge in [-0.1, -0.05) is 40.3 Å². The van der Waals surface area contributed by atoms with Gasteiger partial charge in [0, 0.05) is 85.8 Å². The molecule has 8 rings (SSSR count). The number of piperidine rings is 1. The van der Waals surface area contributed by atoms with Crippen molar-refractivity contribution in [2.24, 2.45) is 11.3 Å². The Balaban J connectivity index is 1.11. The zero-order valence-electron chi connectivity index (χ0n) is 41.2. The van der Waals surface area contributed by atoms with Crippen LogP contribution in [0.1, 0.15) is 89.6 Å². The zero-order valence-corrected chi connectivity index (χ0v) is 42.0. The van der Waals surface area contributed by atoms with Crippen LogP contribution in [-0.2, 0) is 52.8 Å². The maximum atomic E-state index is 14.7. The van der Waals surface area contributed by atoms with Crippen LogP contribution in [0.2, 0.25) is 0 Å². The first-order valence-electron chi connectivity index (χ1n) is 24.2. The van der Waals surface area contributed by atoms with Gasteiger partial charge in [0.05, 0.1) is 46.9 Å². The molecule has 3 saturated heterocycles. The number of thiazole rings is 1. The molecule has 0 unspecified atom stereocenters.